The Morgan fingerprint density at radius 2 is 1.37 bits per heavy atom. The first-order chi connectivity index (χ1) is 24.6. The van der Waals surface area contributed by atoms with Gasteiger partial charge in [-0.1, -0.05) is 53.5 Å². The van der Waals surface area contributed by atoms with Gasteiger partial charge in [0.1, 0.15) is 11.6 Å². The molecule has 1 saturated carbocycles. The molecule has 0 unspecified atom stereocenters. The summed E-state index contributed by atoms with van der Waals surface area (Å²) in [5.41, 5.74) is 4.73. The first kappa shape index (κ1) is 34.0. The summed E-state index contributed by atoms with van der Waals surface area (Å²) in [5.74, 6) is 0.909. The SMILES string of the molecule is COc1nc(-c2cccc(-c3c(F)ccc(-c4ccc(CN5CC6(CCC(=O)C6)C5)c(OC)n4)c3Cl)c2Cl)ccc1CN1CC2(CCC(=O)N2)C1. The van der Waals surface area contributed by atoms with Crippen molar-refractivity contribution in [2.24, 2.45) is 5.41 Å². The Morgan fingerprint density at radius 3 is 1.94 bits per heavy atom. The number of ether oxygens (including phenoxy) is 2. The van der Waals surface area contributed by atoms with E-state index in [9.17, 15) is 9.59 Å². The van der Waals surface area contributed by atoms with Crippen molar-refractivity contribution in [3.8, 4) is 45.4 Å². The van der Waals surface area contributed by atoms with Gasteiger partial charge in [-0.05, 0) is 37.1 Å². The quantitative estimate of drug-likeness (QED) is 0.198. The number of likely N-dealkylation sites (tertiary alicyclic amines) is 2. The number of benzene rings is 2. The third-order valence-electron chi connectivity index (χ3n) is 10.9. The number of carbonyl (C=O) groups is 2. The Kier molecular flexibility index (Phi) is 8.77. The lowest BCUT2D eigenvalue weighted by Gasteiger charge is -2.48. The largest absolute Gasteiger partial charge is 0.481 e. The fourth-order valence-electron chi connectivity index (χ4n) is 8.45. The van der Waals surface area contributed by atoms with E-state index in [0.717, 1.165) is 50.1 Å². The lowest BCUT2D eigenvalue weighted by Crippen LogP contribution is -2.66. The summed E-state index contributed by atoms with van der Waals surface area (Å²) in [5, 5.41) is 3.60. The Bertz CT molecular complexity index is 2060. The first-order valence-electron chi connectivity index (χ1n) is 17.2. The summed E-state index contributed by atoms with van der Waals surface area (Å²) in [6.45, 7) is 4.66. The zero-order valence-corrected chi connectivity index (χ0v) is 30.0. The maximum atomic E-state index is 15.7. The molecule has 1 aliphatic carbocycles. The smallest absolute Gasteiger partial charge is 0.220 e. The van der Waals surface area contributed by atoms with Gasteiger partial charge < -0.3 is 14.8 Å². The predicted octanol–water partition coefficient (Wildman–Crippen LogP) is 6.96. The molecule has 1 N–H and O–H groups in total. The third-order valence-corrected chi connectivity index (χ3v) is 11.7. The van der Waals surface area contributed by atoms with E-state index >= 15 is 4.39 Å². The van der Waals surface area contributed by atoms with Gasteiger partial charge in [-0.15, -0.1) is 0 Å². The second-order valence-electron chi connectivity index (χ2n) is 14.5. The average Bonchev–Trinajstić information content (AvgIpc) is 3.68. The number of carbonyl (C=O) groups excluding carboxylic acids is 2. The fraction of sp³-hybridized carbons (Fsp3) is 0.385. The molecule has 12 heteroatoms. The number of Topliss-reactive ketones (excluding diaryl/α,β-unsaturated/α-hetero) is 1. The van der Waals surface area contributed by atoms with E-state index < -0.39 is 5.82 Å². The number of nitrogens with one attached hydrogen (secondary N) is 1. The van der Waals surface area contributed by atoms with Gasteiger partial charge in [0, 0.05) is 97.3 Å². The van der Waals surface area contributed by atoms with Gasteiger partial charge in [0.2, 0.25) is 17.7 Å². The summed E-state index contributed by atoms with van der Waals surface area (Å²) in [6.07, 6.45) is 3.77. The molecule has 4 fully saturated rings. The van der Waals surface area contributed by atoms with Crippen LogP contribution < -0.4 is 14.8 Å². The van der Waals surface area contributed by atoms with Crippen molar-refractivity contribution in [1.29, 1.82) is 0 Å². The van der Waals surface area contributed by atoms with Crippen LogP contribution in [0.15, 0.2) is 54.6 Å². The minimum absolute atomic E-state index is 0.109. The highest BCUT2D eigenvalue weighted by Crippen LogP contribution is 2.46. The van der Waals surface area contributed by atoms with Gasteiger partial charge >= 0.3 is 0 Å². The molecule has 8 rings (SSSR count). The van der Waals surface area contributed by atoms with Crippen LogP contribution in [0.25, 0.3) is 33.6 Å². The van der Waals surface area contributed by atoms with Crippen LogP contribution in [-0.4, -0.2) is 77.4 Å². The van der Waals surface area contributed by atoms with E-state index in [1.165, 1.54) is 6.07 Å². The standard InChI is InChI=1S/C39H38Cl2FN5O4/c1-50-36-23(17-46-19-38(20-46)14-12-25(48)16-38)7-11-31(44-36)27-8-9-29(42)33(35(27)41)28-5-3-4-26(34(28)40)30-10-6-24(37(43-30)51-2)18-47-21-39(22-47)15-13-32(49)45-39/h3-11H,12-22H2,1-2H3,(H,45,49). The molecule has 0 bridgehead atoms. The number of pyridine rings is 2. The molecule has 9 nitrogen and oxygen atoms in total. The van der Waals surface area contributed by atoms with Crippen LogP contribution >= 0.6 is 23.2 Å². The van der Waals surface area contributed by atoms with E-state index in [4.69, 9.17) is 42.6 Å². The Labute approximate surface area is 306 Å². The summed E-state index contributed by atoms with van der Waals surface area (Å²) < 4.78 is 27.1. The first-order valence-corrected chi connectivity index (χ1v) is 18.0. The van der Waals surface area contributed by atoms with Crippen LogP contribution in [0.4, 0.5) is 4.39 Å². The molecule has 2 aromatic heterocycles. The van der Waals surface area contributed by atoms with E-state index in [0.29, 0.717) is 83.0 Å². The molecule has 3 saturated heterocycles. The monoisotopic (exact) mass is 729 g/mol. The summed E-state index contributed by atoms with van der Waals surface area (Å²) in [4.78, 5) is 37.7. The average molecular weight is 731 g/mol. The van der Waals surface area contributed by atoms with Crippen LogP contribution in [0.5, 0.6) is 11.8 Å². The molecule has 0 atom stereocenters. The van der Waals surface area contributed by atoms with E-state index in [1.54, 1.807) is 32.4 Å². The van der Waals surface area contributed by atoms with Crippen molar-refractivity contribution in [3.05, 3.63) is 81.6 Å². The van der Waals surface area contributed by atoms with Crippen LogP contribution in [0, 0.1) is 11.2 Å². The lowest BCUT2D eigenvalue weighted by molar-refractivity contribution is -0.121. The molecular formula is C39H38Cl2FN5O4. The van der Waals surface area contributed by atoms with Crippen LogP contribution in [-0.2, 0) is 22.7 Å². The topological polar surface area (TPSA) is 96.9 Å². The zero-order chi connectivity index (χ0) is 35.5. The highest BCUT2D eigenvalue weighted by atomic mass is 35.5. The summed E-state index contributed by atoms with van der Waals surface area (Å²) in [6, 6.07) is 16.0. The van der Waals surface area contributed by atoms with Crippen molar-refractivity contribution < 1.29 is 23.5 Å². The molecule has 2 spiro atoms. The van der Waals surface area contributed by atoms with E-state index in [2.05, 4.69) is 15.1 Å². The Hall–Kier alpha value is -4.09. The molecule has 0 radical (unpaired) electrons. The Balaban J connectivity index is 1.03. The molecule has 264 valence electrons. The fourth-order valence-corrected chi connectivity index (χ4v) is 9.12. The highest BCUT2D eigenvalue weighted by Gasteiger charge is 2.48. The van der Waals surface area contributed by atoms with Gasteiger partial charge in [0.15, 0.2) is 0 Å². The number of hydrogen-bond donors (Lipinski definition) is 1. The van der Waals surface area contributed by atoms with Gasteiger partial charge in [-0.25, -0.2) is 14.4 Å². The highest BCUT2D eigenvalue weighted by molar-refractivity contribution is 6.39. The third kappa shape index (κ3) is 6.26. The normalized spacial score (nSPS) is 19.3. The van der Waals surface area contributed by atoms with Crippen molar-refractivity contribution >= 4 is 34.9 Å². The van der Waals surface area contributed by atoms with Gasteiger partial charge in [-0.3, -0.25) is 19.4 Å². The lowest BCUT2D eigenvalue weighted by atomic mass is 9.78. The van der Waals surface area contributed by atoms with E-state index in [-0.39, 0.29) is 27.4 Å². The number of ketones is 1. The maximum absolute atomic E-state index is 15.7. The number of rotatable bonds is 9. The maximum Gasteiger partial charge on any atom is 0.220 e. The van der Waals surface area contributed by atoms with Gasteiger partial charge in [0.25, 0.3) is 0 Å². The number of nitrogens with zero attached hydrogens (tertiary/aromatic N) is 4. The molecule has 2 aromatic carbocycles. The zero-order valence-electron chi connectivity index (χ0n) is 28.5. The molecule has 3 aliphatic heterocycles. The molecule has 5 heterocycles. The summed E-state index contributed by atoms with van der Waals surface area (Å²) in [7, 11) is 3.16. The van der Waals surface area contributed by atoms with Gasteiger partial charge in [-0.2, -0.15) is 0 Å². The second kappa shape index (κ2) is 13.2. The Morgan fingerprint density at radius 1 is 0.765 bits per heavy atom. The predicted molar refractivity (Wildman–Crippen MR) is 193 cm³/mol. The van der Waals surface area contributed by atoms with Crippen molar-refractivity contribution in [2.45, 2.75) is 50.7 Å². The molecule has 4 aromatic rings. The van der Waals surface area contributed by atoms with Gasteiger partial charge in [0.05, 0.1) is 41.2 Å². The van der Waals surface area contributed by atoms with Crippen LogP contribution in [0.3, 0.4) is 0 Å². The molecule has 4 aliphatic rings. The van der Waals surface area contributed by atoms with Crippen LogP contribution in [0.2, 0.25) is 10.0 Å². The van der Waals surface area contributed by atoms with Crippen molar-refractivity contribution in [1.82, 2.24) is 25.1 Å². The number of amides is 1. The summed E-state index contributed by atoms with van der Waals surface area (Å²) >= 11 is 14.0. The molecular weight excluding hydrogens is 692 g/mol. The minimum atomic E-state index is -0.518. The van der Waals surface area contributed by atoms with Crippen LogP contribution in [0.1, 0.15) is 43.2 Å². The number of halogens is 3. The second-order valence-corrected chi connectivity index (χ2v) is 15.3. The molecule has 51 heavy (non-hydrogen) atoms. The number of methoxy groups -OCH3 is 2. The van der Waals surface area contributed by atoms with E-state index in [1.807, 2.05) is 30.3 Å². The van der Waals surface area contributed by atoms with Crippen molar-refractivity contribution in [3.63, 3.8) is 0 Å². The number of hydrogen-bond acceptors (Lipinski definition) is 8. The van der Waals surface area contributed by atoms with Crippen molar-refractivity contribution in [2.75, 3.05) is 40.4 Å². The molecule has 1 amide bonds. The number of aromatic nitrogens is 2. The minimum Gasteiger partial charge on any atom is -0.481 e.